The summed E-state index contributed by atoms with van der Waals surface area (Å²) >= 11 is 0. The van der Waals surface area contributed by atoms with Gasteiger partial charge in [0.15, 0.2) is 0 Å². The van der Waals surface area contributed by atoms with Crippen molar-refractivity contribution < 1.29 is 9.53 Å². The molecule has 1 aliphatic carbocycles. The molecule has 2 fully saturated rings. The van der Waals surface area contributed by atoms with Crippen LogP contribution in [0.2, 0.25) is 0 Å². The fourth-order valence-corrected chi connectivity index (χ4v) is 2.86. The summed E-state index contributed by atoms with van der Waals surface area (Å²) in [4.78, 5) is 11.6. The molecule has 2 heteroatoms. The molecule has 1 saturated heterocycles. The third kappa shape index (κ3) is 0.667. The minimum absolute atomic E-state index is 0.104. The van der Waals surface area contributed by atoms with Crippen LogP contribution >= 0.6 is 0 Å². The van der Waals surface area contributed by atoms with Crippen LogP contribution in [-0.2, 0) is 9.53 Å². The van der Waals surface area contributed by atoms with Gasteiger partial charge in [-0.2, -0.15) is 0 Å². The molecule has 3 unspecified atom stereocenters. The predicted molar refractivity (Wildman–Crippen MR) is 43.7 cm³/mol. The van der Waals surface area contributed by atoms with Gasteiger partial charge in [-0.3, -0.25) is 4.79 Å². The molecular formula is C10H12O2. The normalized spacial score (nSPS) is 49.8. The van der Waals surface area contributed by atoms with Gasteiger partial charge in [0.25, 0.3) is 0 Å². The van der Waals surface area contributed by atoms with Crippen LogP contribution in [0, 0.1) is 5.92 Å². The maximum Gasteiger partial charge on any atom is 0.142 e. The molecule has 0 aromatic rings. The molecule has 2 aliphatic heterocycles. The average Bonchev–Trinajstić information content (AvgIpc) is 2.59. The number of carbonyl (C=O) groups is 1. The second-order valence-electron chi connectivity index (χ2n) is 4.09. The van der Waals surface area contributed by atoms with Gasteiger partial charge in [-0.05, 0) is 19.3 Å². The van der Waals surface area contributed by atoms with E-state index in [1.54, 1.807) is 0 Å². The zero-order valence-electron chi connectivity index (χ0n) is 6.95. The summed E-state index contributed by atoms with van der Waals surface area (Å²) in [6.45, 7) is 0. The molecule has 0 aromatic carbocycles. The van der Waals surface area contributed by atoms with E-state index in [-0.39, 0.29) is 17.6 Å². The summed E-state index contributed by atoms with van der Waals surface area (Å²) in [6.07, 6.45) is 8.17. The third-order valence-corrected chi connectivity index (χ3v) is 3.40. The largest absolute Gasteiger partial charge is 0.362 e. The Balaban J connectivity index is 2.06. The molecule has 0 N–H and O–H groups in total. The summed E-state index contributed by atoms with van der Waals surface area (Å²) in [5.41, 5.74) is -0.153. The highest BCUT2D eigenvalue weighted by Crippen LogP contribution is 2.48. The number of ether oxygens (including phenoxy) is 1. The van der Waals surface area contributed by atoms with Crippen molar-refractivity contribution in [3.8, 4) is 0 Å². The van der Waals surface area contributed by atoms with E-state index in [0.29, 0.717) is 12.2 Å². The van der Waals surface area contributed by atoms with Gasteiger partial charge in [0.1, 0.15) is 5.78 Å². The Kier molecular flexibility index (Phi) is 1.14. The Bertz CT molecular complexity index is 269. The Morgan fingerprint density at radius 1 is 1.58 bits per heavy atom. The number of Topliss-reactive ketones (excluding diaryl/α,β-unsaturated/α-hetero) is 1. The Morgan fingerprint density at radius 3 is 3.42 bits per heavy atom. The van der Waals surface area contributed by atoms with Crippen LogP contribution in [-0.4, -0.2) is 17.5 Å². The van der Waals surface area contributed by atoms with E-state index in [4.69, 9.17) is 4.74 Å². The number of rotatable bonds is 0. The van der Waals surface area contributed by atoms with Gasteiger partial charge < -0.3 is 4.74 Å². The lowest BCUT2D eigenvalue weighted by molar-refractivity contribution is -0.145. The van der Waals surface area contributed by atoms with Crippen LogP contribution in [0.3, 0.4) is 0 Å². The van der Waals surface area contributed by atoms with Gasteiger partial charge in [0, 0.05) is 6.42 Å². The molecule has 2 heterocycles. The van der Waals surface area contributed by atoms with E-state index in [9.17, 15) is 4.79 Å². The molecule has 3 atom stereocenters. The van der Waals surface area contributed by atoms with Gasteiger partial charge in [0.2, 0.25) is 0 Å². The molecule has 64 valence electrons. The second kappa shape index (κ2) is 1.99. The second-order valence-corrected chi connectivity index (χ2v) is 4.09. The number of carbonyl (C=O) groups excluding carboxylic acids is 1. The molecule has 0 aromatic heterocycles. The Hall–Kier alpha value is -0.630. The van der Waals surface area contributed by atoms with E-state index >= 15 is 0 Å². The van der Waals surface area contributed by atoms with E-state index in [2.05, 4.69) is 12.2 Å². The highest BCUT2D eigenvalue weighted by Gasteiger charge is 2.53. The highest BCUT2D eigenvalue weighted by atomic mass is 16.5. The molecule has 0 amide bonds. The van der Waals surface area contributed by atoms with Crippen LogP contribution in [0.5, 0.6) is 0 Å². The molecule has 2 nitrogen and oxygen atoms in total. The lowest BCUT2D eigenvalue weighted by Gasteiger charge is -2.34. The maximum absolute atomic E-state index is 11.6. The molecule has 0 radical (unpaired) electrons. The smallest absolute Gasteiger partial charge is 0.142 e. The number of ketones is 1. The summed E-state index contributed by atoms with van der Waals surface area (Å²) in [5.74, 6) is 0.612. The molecule has 1 saturated carbocycles. The first-order valence-corrected chi connectivity index (χ1v) is 4.70. The van der Waals surface area contributed by atoms with Gasteiger partial charge in [-0.15, -0.1) is 0 Å². The fourth-order valence-electron chi connectivity index (χ4n) is 2.86. The standard InChI is InChI=1S/C10H12O2/c11-9-6-7-3-5-10(12-7)4-1-2-8(9)10/h3,5,7-8H,1-2,4,6H2. The van der Waals surface area contributed by atoms with Crippen molar-refractivity contribution in [1.29, 1.82) is 0 Å². The molecule has 3 rings (SSSR count). The minimum Gasteiger partial charge on any atom is -0.362 e. The summed E-state index contributed by atoms with van der Waals surface area (Å²) in [7, 11) is 0. The zero-order valence-corrected chi connectivity index (χ0v) is 6.95. The van der Waals surface area contributed by atoms with Gasteiger partial charge >= 0.3 is 0 Å². The SMILES string of the molecule is O=C1CC2C=CC3(CCCC13)O2. The van der Waals surface area contributed by atoms with E-state index < -0.39 is 0 Å². The molecule has 2 bridgehead atoms. The lowest BCUT2D eigenvalue weighted by atomic mass is 9.85. The molecule has 12 heavy (non-hydrogen) atoms. The van der Waals surface area contributed by atoms with Crippen LogP contribution < -0.4 is 0 Å². The van der Waals surface area contributed by atoms with Crippen molar-refractivity contribution in [2.75, 3.05) is 0 Å². The number of hydrogen-bond donors (Lipinski definition) is 0. The Morgan fingerprint density at radius 2 is 2.50 bits per heavy atom. The van der Waals surface area contributed by atoms with Crippen LogP contribution in [0.4, 0.5) is 0 Å². The van der Waals surface area contributed by atoms with Gasteiger partial charge in [-0.1, -0.05) is 12.2 Å². The highest BCUT2D eigenvalue weighted by molar-refractivity contribution is 5.85. The first-order valence-electron chi connectivity index (χ1n) is 4.70. The first-order chi connectivity index (χ1) is 5.80. The van der Waals surface area contributed by atoms with Crippen molar-refractivity contribution >= 4 is 5.78 Å². The monoisotopic (exact) mass is 164 g/mol. The van der Waals surface area contributed by atoms with Crippen molar-refractivity contribution in [2.45, 2.75) is 37.4 Å². The van der Waals surface area contributed by atoms with Crippen molar-refractivity contribution in [1.82, 2.24) is 0 Å². The predicted octanol–water partition coefficient (Wildman–Crippen LogP) is 1.45. The lowest BCUT2D eigenvalue weighted by Crippen LogP contribution is -2.43. The number of hydrogen-bond acceptors (Lipinski definition) is 2. The van der Waals surface area contributed by atoms with Crippen LogP contribution in [0.15, 0.2) is 12.2 Å². The summed E-state index contributed by atoms with van der Waals surface area (Å²) in [6, 6.07) is 0. The molecule has 3 aliphatic rings. The van der Waals surface area contributed by atoms with Gasteiger partial charge in [-0.25, -0.2) is 0 Å². The number of fused-ring (bicyclic) bond motifs is 1. The first kappa shape index (κ1) is 6.84. The Labute approximate surface area is 71.6 Å². The van der Waals surface area contributed by atoms with Gasteiger partial charge in [0.05, 0.1) is 17.6 Å². The molecule has 1 spiro atoms. The van der Waals surface area contributed by atoms with Crippen molar-refractivity contribution in [2.24, 2.45) is 5.92 Å². The summed E-state index contributed by atoms with van der Waals surface area (Å²) < 4.78 is 5.85. The van der Waals surface area contributed by atoms with E-state index in [1.165, 1.54) is 0 Å². The topological polar surface area (TPSA) is 26.3 Å². The minimum atomic E-state index is -0.153. The van der Waals surface area contributed by atoms with Crippen LogP contribution in [0.25, 0.3) is 0 Å². The van der Waals surface area contributed by atoms with Crippen molar-refractivity contribution in [3.05, 3.63) is 12.2 Å². The zero-order chi connectivity index (χ0) is 8.18. The summed E-state index contributed by atoms with van der Waals surface area (Å²) in [5, 5.41) is 0. The van der Waals surface area contributed by atoms with Crippen LogP contribution in [0.1, 0.15) is 25.7 Å². The molecular weight excluding hydrogens is 152 g/mol. The third-order valence-electron chi connectivity index (χ3n) is 3.40. The quantitative estimate of drug-likeness (QED) is 0.506. The average molecular weight is 164 g/mol. The van der Waals surface area contributed by atoms with E-state index in [0.717, 1.165) is 19.3 Å². The van der Waals surface area contributed by atoms with E-state index in [1.807, 2.05) is 0 Å². The maximum atomic E-state index is 11.6. The fraction of sp³-hybridized carbons (Fsp3) is 0.700. The van der Waals surface area contributed by atoms with Crippen molar-refractivity contribution in [3.63, 3.8) is 0 Å².